The lowest BCUT2D eigenvalue weighted by Crippen LogP contribution is -2.32. The molecule has 11 heavy (non-hydrogen) atoms. The van der Waals surface area contributed by atoms with Gasteiger partial charge >= 0.3 is 15.1 Å². The summed E-state index contributed by atoms with van der Waals surface area (Å²) in [7, 11) is -2.12. The summed E-state index contributed by atoms with van der Waals surface area (Å²) in [6.45, 7) is -0.677. The maximum atomic E-state index is 10.5. The fourth-order valence-electron chi connectivity index (χ4n) is 0.413. The van der Waals surface area contributed by atoms with Crippen molar-refractivity contribution in [3.8, 4) is 0 Å². The Kier molecular flexibility index (Phi) is 4.38. The molecular weight excluding hydrogens is 172 g/mol. The highest BCUT2D eigenvalue weighted by molar-refractivity contribution is 6.24. The van der Waals surface area contributed by atoms with Gasteiger partial charge in [0.15, 0.2) is 0 Å². The number of aliphatic hydroxyl groups is 1. The third-order valence-corrected chi connectivity index (χ3v) is 1.36. The van der Waals surface area contributed by atoms with Crippen molar-refractivity contribution in [3.05, 3.63) is 0 Å². The standard InChI is InChI=1S/C4H8O6Si/c1-9-4(6)3(2-5)10-11(7)8/h3,5,7H,2H2,1H3. The molecule has 1 atom stereocenters. The number of carbonyl (C=O) groups is 1. The van der Waals surface area contributed by atoms with E-state index in [-0.39, 0.29) is 0 Å². The van der Waals surface area contributed by atoms with E-state index in [1.54, 1.807) is 0 Å². The molecule has 0 amide bonds. The van der Waals surface area contributed by atoms with Crippen molar-refractivity contribution in [1.29, 1.82) is 0 Å². The summed E-state index contributed by atoms with van der Waals surface area (Å²) in [5, 5.41) is 8.42. The fraction of sp³-hybridized carbons (Fsp3) is 0.750. The van der Waals surface area contributed by atoms with Gasteiger partial charge in [-0.15, -0.1) is 0 Å². The van der Waals surface area contributed by atoms with Crippen molar-refractivity contribution in [3.63, 3.8) is 0 Å². The van der Waals surface area contributed by atoms with Gasteiger partial charge in [0.25, 0.3) is 0 Å². The van der Waals surface area contributed by atoms with Crippen LogP contribution in [-0.2, 0) is 18.4 Å². The summed E-state index contributed by atoms with van der Waals surface area (Å²) in [6.07, 6.45) is -1.36. The lowest BCUT2D eigenvalue weighted by Gasteiger charge is -2.09. The second-order valence-electron chi connectivity index (χ2n) is 1.58. The molecule has 64 valence electrons. The normalized spacial score (nSPS) is 11.8. The third-order valence-electron chi connectivity index (χ3n) is 0.873. The van der Waals surface area contributed by atoms with Crippen LogP contribution in [0.4, 0.5) is 0 Å². The number of ether oxygens (including phenoxy) is 1. The Labute approximate surface area is 64.3 Å². The number of rotatable bonds is 4. The van der Waals surface area contributed by atoms with Gasteiger partial charge in [0, 0.05) is 0 Å². The first-order valence-corrected chi connectivity index (χ1v) is 3.96. The molecule has 6 nitrogen and oxygen atoms in total. The smallest absolute Gasteiger partial charge is 0.511 e. The zero-order chi connectivity index (χ0) is 8.85. The molecule has 0 saturated heterocycles. The van der Waals surface area contributed by atoms with Crippen LogP contribution in [0, 0.1) is 0 Å². The number of esters is 1. The number of aliphatic hydroxyl groups excluding tert-OH is 1. The fourth-order valence-corrected chi connectivity index (χ4v) is 0.827. The van der Waals surface area contributed by atoms with Crippen molar-refractivity contribution in [2.75, 3.05) is 13.7 Å². The lowest BCUT2D eigenvalue weighted by molar-refractivity contribution is -0.151. The van der Waals surface area contributed by atoms with Crippen LogP contribution in [0.3, 0.4) is 0 Å². The van der Waals surface area contributed by atoms with Gasteiger partial charge in [0.2, 0.25) is 6.10 Å². The molecule has 0 saturated carbocycles. The molecule has 0 aromatic carbocycles. The van der Waals surface area contributed by atoms with E-state index in [9.17, 15) is 9.26 Å². The van der Waals surface area contributed by atoms with E-state index in [1.165, 1.54) is 0 Å². The first-order chi connectivity index (χ1) is 5.11. The highest BCUT2D eigenvalue weighted by Gasteiger charge is 2.23. The van der Waals surface area contributed by atoms with Gasteiger partial charge in [0.1, 0.15) is 0 Å². The molecule has 0 aromatic rings. The SMILES string of the molecule is COC(=O)C(CO)O[Si](=O)O. The second-order valence-corrected chi connectivity index (χ2v) is 2.35. The number of carbonyl (C=O) groups excluding carboxylic acids is 1. The Morgan fingerprint density at radius 2 is 2.27 bits per heavy atom. The molecule has 2 N–H and O–H groups in total. The zero-order valence-corrected chi connectivity index (χ0v) is 6.81. The molecule has 0 heterocycles. The number of hydrogen-bond donors (Lipinski definition) is 2. The van der Waals surface area contributed by atoms with Crippen LogP contribution < -0.4 is 0 Å². The van der Waals surface area contributed by atoms with Crippen LogP contribution in [0.1, 0.15) is 0 Å². The van der Waals surface area contributed by atoms with Crippen LogP contribution in [0.2, 0.25) is 0 Å². The highest BCUT2D eigenvalue weighted by Crippen LogP contribution is 1.92. The van der Waals surface area contributed by atoms with Gasteiger partial charge in [-0.25, -0.2) is 4.79 Å². The predicted octanol–water partition coefficient (Wildman–Crippen LogP) is -2.06. The summed E-state index contributed by atoms with van der Waals surface area (Å²) in [5.41, 5.74) is 0. The van der Waals surface area contributed by atoms with Crippen molar-refractivity contribution in [1.82, 2.24) is 0 Å². The Bertz CT molecular complexity index is 157. The minimum Gasteiger partial charge on any atom is -0.511 e. The maximum absolute atomic E-state index is 10.5. The molecule has 0 spiro atoms. The van der Waals surface area contributed by atoms with Crippen LogP contribution in [-0.4, -0.2) is 44.9 Å². The summed E-state index contributed by atoms with van der Waals surface area (Å²) < 4.78 is 18.3. The first kappa shape index (κ1) is 10.0. The molecule has 0 aromatic heterocycles. The number of hydrogen-bond acceptors (Lipinski definition) is 5. The summed E-state index contributed by atoms with van der Waals surface area (Å²) in [5.74, 6) is -0.875. The zero-order valence-electron chi connectivity index (χ0n) is 5.81. The molecule has 1 unspecified atom stereocenters. The van der Waals surface area contributed by atoms with Crippen LogP contribution in [0.15, 0.2) is 0 Å². The average molecular weight is 180 g/mol. The van der Waals surface area contributed by atoms with E-state index in [0.717, 1.165) is 7.11 Å². The molecule has 0 fully saturated rings. The largest absolute Gasteiger partial charge is 0.765 e. The van der Waals surface area contributed by atoms with Crippen molar-refractivity contribution >= 4 is 15.1 Å². The van der Waals surface area contributed by atoms with Crippen LogP contribution in [0.5, 0.6) is 0 Å². The minimum atomic E-state index is -3.21. The summed E-state index contributed by atoms with van der Waals surface area (Å²) in [6, 6.07) is 0. The molecular formula is C4H8O6Si. The summed E-state index contributed by atoms with van der Waals surface area (Å²) in [4.78, 5) is 18.7. The van der Waals surface area contributed by atoms with Gasteiger partial charge in [-0.05, 0) is 0 Å². The van der Waals surface area contributed by atoms with E-state index in [2.05, 4.69) is 9.16 Å². The average Bonchev–Trinajstić information content (AvgIpc) is 1.98. The van der Waals surface area contributed by atoms with Gasteiger partial charge in [-0.1, -0.05) is 0 Å². The topological polar surface area (TPSA) is 93.1 Å². The quantitative estimate of drug-likeness (QED) is 0.382. The third kappa shape index (κ3) is 3.68. The van der Waals surface area contributed by atoms with Gasteiger partial charge in [-0.3, -0.25) is 4.46 Å². The Morgan fingerprint density at radius 3 is 2.55 bits per heavy atom. The Balaban J connectivity index is 3.94. The maximum Gasteiger partial charge on any atom is 0.765 e. The van der Waals surface area contributed by atoms with Gasteiger partial charge in [0.05, 0.1) is 13.7 Å². The molecule has 0 bridgehead atoms. The second kappa shape index (κ2) is 4.80. The van der Waals surface area contributed by atoms with E-state index >= 15 is 0 Å². The molecule has 7 heteroatoms. The van der Waals surface area contributed by atoms with E-state index in [1.807, 2.05) is 0 Å². The monoisotopic (exact) mass is 180 g/mol. The van der Waals surface area contributed by atoms with Crippen LogP contribution in [0.25, 0.3) is 0 Å². The highest BCUT2D eigenvalue weighted by atomic mass is 28.3. The predicted molar refractivity (Wildman–Crippen MR) is 32.6 cm³/mol. The molecule has 0 aliphatic rings. The first-order valence-electron chi connectivity index (χ1n) is 2.70. The van der Waals surface area contributed by atoms with E-state index < -0.39 is 27.9 Å². The summed E-state index contributed by atoms with van der Waals surface area (Å²) >= 11 is 0. The van der Waals surface area contributed by atoms with E-state index in [0.29, 0.717) is 0 Å². The Hall–Kier alpha value is -0.953. The molecule has 0 aliphatic carbocycles. The Morgan fingerprint density at radius 1 is 1.73 bits per heavy atom. The van der Waals surface area contributed by atoms with Crippen LogP contribution >= 0.6 is 0 Å². The van der Waals surface area contributed by atoms with Crippen molar-refractivity contribution in [2.24, 2.45) is 0 Å². The van der Waals surface area contributed by atoms with Crippen molar-refractivity contribution < 1.29 is 28.3 Å². The number of methoxy groups -OCH3 is 1. The van der Waals surface area contributed by atoms with Crippen molar-refractivity contribution in [2.45, 2.75) is 6.10 Å². The minimum absolute atomic E-state index is 0.677. The molecule has 0 rings (SSSR count). The van der Waals surface area contributed by atoms with Gasteiger partial charge < -0.3 is 19.1 Å². The molecule has 0 aliphatic heterocycles. The lowest BCUT2D eigenvalue weighted by atomic mass is 10.4. The van der Waals surface area contributed by atoms with Gasteiger partial charge in [-0.2, -0.15) is 0 Å². The van der Waals surface area contributed by atoms with E-state index in [4.69, 9.17) is 9.90 Å². The molecule has 0 radical (unpaired) electrons.